The molecule has 4 nitrogen and oxygen atoms in total. The monoisotopic (exact) mass is 635 g/mol. The lowest BCUT2D eigenvalue weighted by Gasteiger charge is -2.28. The third kappa shape index (κ3) is 5.63. The molecule has 2 N–H and O–H groups in total. The van der Waals surface area contributed by atoms with Crippen LogP contribution in [0, 0.1) is 0 Å². The van der Waals surface area contributed by atoms with E-state index < -0.39 is 16.5 Å². The fourth-order valence-corrected chi connectivity index (χ4v) is 12.0. The Morgan fingerprint density at radius 3 is 1.30 bits per heavy atom. The van der Waals surface area contributed by atoms with E-state index in [0.717, 1.165) is 32.7 Å². The number of hydrogen-bond donors (Lipinski definition) is 2. The summed E-state index contributed by atoms with van der Waals surface area (Å²) in [7, 11) is -4.20. The first-order chi connectivity index (χ1) is 22.6. The molecule has 7 aromatic carbocycles. The van der Waals surface area contributed by atoms with E-state index in [4.69, 9.17) is 8.85 Å². The van der Waals surface area contributed by atoms with Crippen molar-refractivity contribution in [3.05, 3.63) is 176 Å². The summed E-state index contributed by atoms with van der Waals surface area (Å²) >= 11 is 0. The summed E-state index contributed by atoms with van der Waals surface area (Å²) in [6.45, 7) is 0. The number of phenolic OH excluding ortho intramolecular Hbond substituents is 2. The van der Waals surface area contributed by atoms with Crippen LogP contribution < -0.4 is 35.3 Å². The molecule has 224 valence electrons. The molecule has 1 aliphatic rings. The molecule has 1 aliphatic heterocycles. The van der Waals surface area contributed by atoms with Gasteiger partial charge in [0.15, 0.2) is 11.1 Å². The molecule has 0 radical (unpaired) electrons. The van der Waals surface area contributed by atoms with Gasteiger partial charge in [0, 0.05) is 11.3 Å². The molecular weight excluding hydrogens is 603 g/mol. The van der Waals surface area contributed by atoms with Gasteiger partial charge in [-0.15, -0.1) is 0 Å². The Morgan fingerprint density at radius 2 is 0.848 bits per heavy atom. The molecule has 6 heteroatoms. The molecular formula is C40H32O4PSi+. The van der Waals surface area contributed by atoms with Gasteiger partial charge in [0.2, 0.25) is 0 Å². The van der Waals surface area contributed by atoms with E-state index in [1.807, 2.05) is 84.9 Å². The average Bonchev–Trinajstić information content (AvgIpc) is 3.54. The predicted molar refractivity (Wildman–Crippen MR) is 193 cm³/mol. The minimum Gasteiger partial charge on any atom is -0.508 e. The molecule has 0 unspecified atom stereocenters. The van der Waals surface area contributed by atoms with Gasteiger partial charge in [-0.1, -0.05) is 109 Å². The molecule has 0 spiro atoms. The molecule has 1 heterocycles. The van der Waals surface area contributed by atoms with E-state index in [1.54, 1.807) is 12.1 Å². The second-order valence-corrected chi connectivity index (χ2v) is 16.1. The minimum absolute atomic E-state index is 0.148. The molecule has 0 saturated carbocycles. The molecule has 0 aromatic heterocycles. The topological polar surface area (TPSA) is 58.9 Å². The lowest BCUT2D eigenvalue weighted by molar-refractivity contribution is 0.464. The van der Waals surface area contributed by atoms with Gasteiger partial charge < -0.3 is 19.1 Å². The average molecular weight is 636 g/mol. The van der Waals surface area contributed by atoms with E-state index in [0.29, 0.717) is 0 Å². The van der Waals surface area contributed by atoms with Crippen LogP contribution in [-0.4, -0.2) is 19.5 Å². The SMILES string of the molecule is Oc1ccc(O)c([P+](c2ccccc2)(c2ccccc2)c2ccccc2)c1.c1ccc([SiH]2Oc3cc4ccccc4cc3O2)cc1. The van der Waals surface area contributed by atoms with Crippen molar-refractivity contribution < 1.29 is 19.1 Å². The maximum absolute atomic E-state index is 10.9. The maximum Gasteiger partial charge on any atom is 0.479 e. The Kier molecular flexibility index (Phi) is 8.26. The number of hydrogen-bond acceptors (Lipinski definition) is 4. The summed E-state index contributed by atoms with van der Waals surface area (Å²) in [4.78, 5) is 0. The largest absolute Gasteiger partial charge is 0.508 e. The van der Waals surface area contributed by atoms with Crippen LogP contribution in [0.2, 0.25) is 0 Å². The first-order valence-electron chi connectivity index (χ1n) is 15.1. The normalized spacial score (nSPS) is 12.3. The lowest BCUT2D eigenvalue weighted by atomic mass is 10.1. The highest BCUT2D eigenvalue weighted by Gasteiger charge is 2.49. The van der Waals surface area contributed by atoms with Gasteiger partial charge in [0.05, 0.1) is 0 Å². The molecule has 0 amide bonds. The van der Waals surface area contributed by atoms with Crippen LogP contribution in [0.5, 0.6) is 23.0 Å². The summed E-state index contributed by atoms with van der Waals surface area (Å²) < 4.78 is 12.0. The van der Waals surface area contributed by atoms with Crippen LogP contribution in [0.3, 0.4) is 0 Å². The van der Waals surface area contributed by atoms with Crippen LogP contribution in [0.1, 0.15) is 0 Å². The molecule has 8 rings (SSSR count). The van der Waals surface area contributed by atoms with Crippen LogP contribution in [-0.2, 0) is 0 Å². The first-order valence-corrected chi connectivity index (χ1v) is 18.4. The zero-order chi connectivity index (χ0) is 31.3. The van der Waals surface area contributed by atoms with Crippen LogP contribution in [0.4, 0.5) is 0 Å². The number of benzene rings is 7. The first kappa shape index (κ1) is 29.4. The van der Waals surface area contributed by atoms with Gasteiger partial charge >= 0.3 is 9.28 Å². The third-order valence-corrected chi connectivity index (χ3v) is 14.3. The summed E-state index contributed by atoms with van der Waals surface area (Å²) in [5.41, 5.74) is 0. The van der Waals surface area contributed by atoms with Crippen molar-refractivity contribution in [2.24, 2.45) is 0 Å². The quantitative estimate of drug-likeness (QED) is 0.130. The minimum atomic E-state index is -2.38. The Bertz CT molecular complexity index is 1930. The molecule has 0 saturated heterocycles. The smallest absolute Gasteiger partial charge is 0.479 e. The fraction of sp³-hybridized carbons (Fsp3) is 0. The second-order valence-electron chi connectivity index (χ2n) is 11.0. The standard InChI is InChI=1S/C24H19O2P.C16H12O2Si/c25-19-16-17-23(26)24(18-19)27(20-10-4-1-5-11-20,21-12-6-2-7-13-21)22-14-8-3-9-15-22;1-2-8-14(9-3-1)19-17-15-10-12-6-4-5-7-13(12)11-16(15)18-19/h1-18H,(H-,25,26);1-11,19H/p+1. The molecule has 46 heavy (non-hydrogen) atoms. The number of fused-ring (bicyclic) bond motifs is 2. The Balaban J connectivity index is 0.000000156. The van der Waals surface area contributed by atoms with E-state index >= 15 is 0 Å². The molecule has 0 aliphatic carbocycles. The van der Waals surface area contributed by atoms with Crippen molar-refractivity contribution in [3.63, 3.8) is 0 Å². The van der Waals surface area contributed by atoms with Gasteiger partial charge in [0.25, 0.3) is 0 Å². The van der Waals surface area contributed by atoms with E-state index in [9.17, 15) is 10.2 Å². The highest BCUT2D eigenvalue weighted by Crippen LogP contribution is 2.56. The predicted octanol–water partition coefficient (Wildman–Crippen LogP) is 6.46. The molecule has 0 atom stereocenters. The second kappa shape index (κ2) is 12.9. The summed E-state index contributed by atoms with van der Waals surface area (Å²) in [5.74, 6) is 2.09. The summed E-state index contributed by atoms with van der Waals surface area (Å²) in [5, 5.41) is 28.8. The molecule has 7 aromatic rings. The zero-order valence-electron chi connectivity index (χ0n) is 25.0. The van der Waals surface area contributed by atoms with Crippen LogP contribution in [0.15, 0.2) is 176 Å². The third-order valence-electron chi connectivity index (χ3n) is 8.10. The van der Waals surface area contributed by atoms with Crippen molar-refractivity contribution in [2.75, 3.05) is 0 Å². The number of aromatic hydroxyl groups is 2. The molecule has 0 fully saturated rings. The van der Waals surface area contributed by atoms with E-state index in [-0.39, 0.29) is 11.5 Å². The van der Waals surface area contributed by atoms with Crippen molar-refractivity contribution in [3.8, 4) is 23.0 Å². The fourth-order valence-electron chi connectivity index (χ4n) is 5.98. The van der Waals surface area contributed by atoms with Crippen molar-refractivity contribution in [1.29, 1.82) is 0 Å². The van der Waals surface area contributed by atoms with Crippen LogP contribution >= 0.6 is 7.26 Å². The summed E-state index contributed by atoms with van der Waals surface area (Å²) in [6.07, 6.45) is 0. The lowest BCUT2D eigenvalue weighted by Crippen LogP contribution is -2.38. The van der Waals surface area contributed by atoms with Crippen molar-refractivity contribution >= 4 is 53.7 Å². The number of phenols is 2. The summed E-state index contributed by atoms with van der Waals surface area (Å²) in [6, 6.07) is 58.2. The Morgan fingerprint density at radius 1 is 0.435 bits per heavy atom. The highest BCUT2D eigenvalue weighted by molar-refractivity contribution is 8.01. The Hall–Kier alpha value is -5.35. The van der Waals surface area contributed by atoms with Gasteiger partial charge in [-0.05, 0) is 71.4 Å². The zero-order valence-corrected chi connectivity index (χ0v) is 27.0. The van der Waals surface area contributed by atoms with Crippen LogP contribution in [0.25, 0.3) is 10.8 Å². The Labute approximate surface area is 271 Å². The van der Waals surface area contributed by atoms with Gasteiger partial charge in [-0.25, -0.2) is 0 Å². The molecule has 0 bridgehead atoms. The van der Waals surface area contributed by atoms with Gasteiger partial charge in [0.1, 0.15) is 40.4 Å². The maximum atomic E-state index is 10.9. The van der Waals surface area contributed by atoms with Gasteiger partial charge in [-0.2, -0.15) is 0 Å². The number of rotatable bonds is 5. The highest BCUT2D eigenvalue weighted by atomic mass is 31.2. The van der Waals surface area contributed by atoms with E-state index in [1.165, 1.54) is 22.0 Å². The van der Waals surface area contributed by atoms with Gasteiger partial charge in [-0.3, -0.25) is 0 Å². The van der Waals surface area contributed by atoms with Crippen molar-refractivity contribution in [1.82, 2.24) is 0 Å². The van der Waals surface area contributed by atoms with E-state index in [2.05, 4.69) is 72.8 Å². The van der Waals surface area contributed by atoms with Crippen molar-refractivity contribution in [2.45, 2.75) is 0 Å².